The van der Waals surface area contributed by atoms with Gasteiger partial charge in [0.05, 0.1) is 43.1 Å². The summed E-state index contributed by atoms with van der Waals surface area (Å²) in [7, 11) is 1.44. The molecular weight excluding hydrogens is 1230 g/mol. The predicted molar refractivity (Wildman–Crippen MR) is 365 cm³/mol. The summed E-state index contributed by atoms with van der Waals surface area (Å²) in [5.41, 5.74) is 14.9. The molecule has 0 saturated heterocycles. The van der Waals surface area contributed by atoms with E-state index >= 15 is 0 Å². The Morgan fingerprint density at radius 1 is 0.402 bits per heavy atom. The molecule has 0 radical (unpaired) electrons. The monoisotopic (exact) mass is 1310 g/mol. The van der Waals surface area contributed by atoms with Gasteiger partial charge in [0.15, 0.2) is 5.78 Å². The molecule has 0 bridgehead atoms. The summed E-state index contributed by atoms with van der Waals surface area (Å²) in [6, 6.07) is 64.3. The summed E-state index contributed by atoms with van der Waals surface area (Å²) >= 11 is 0. The molecule has 0 spiro atoms. The van der Waals surface area contributed by atoms with Crippen LogP contribution in [0.2, 0.25) is 0 Å². The summed E-state index contributed by atoms with van der Waals surface area (Å²) in [5, 5.41) is 29.4. The van der Waals surface area contributed by atoms with Gasteiger partial charge in [-0.05, 0) is 91.2 Å². The van der Waals surface area contributed by atoms with Gasteiger partial charge >= 0.3 is 41.9 Å². The van der Waals surface area contributed by atoms with Crippen molar-refractivity contribution in [2.24, 2.45) is 17.8 Å². The highest BCUT2D eigenvalue weighted by Gasteiger charge is 2.37. The number of carbonyl (C=O) groups excluding carboxylic acids is 6. The van der Waals surface area contributed by atoms with Gasteiger partial charge in [0, 0.05) is 31.2 Å². The maximum atomic E-state index is 14.2. The summed E-state index contributed by atoms with van der Waals surface area (Å²) in [4.78, 5) is 112. The number of ketones is 1. The lowest BCUT2D eigenvalue weighted by Crippen LogP contribution is -2.47. The maximum absolute atomic E-state index is 14.2. The van der Waals surface area contributed by atoms with E-state index in [4.69, 9.17) is 29.2 Å². The molecule has 5 atom stereocenters. The fourth-order valence-corrected chi connectivity index (χ4v) is 12.3. The van der Waals surface area contributed by atoms with Gasteiger partial charge in [-0.3, -0.25) is 38.4 Å². The Balaban J connectivity index is 0.000000211. The topological polar surface area (TPSA) is 267 Å². The number of rotatable bonds is 25. The van der Waals surface area contributed by atoms with Gasteiger partial charge in [0.1, 0.15) is 32.5 Å². The van der Waals surface area contributed by atoms with Crippen LogP contribution in [0.15, 0.2) is 206 Å². The van der Waals surface area contributed by atoms with Gasteiger partial charge in [-0.15, -0.1) is 0 Å². The third-order valence-electron chi connectivity index (χ3n) is 17.5. The van der Waals surface area contributed by atoms with Crippen LogP contribution in [0.25, 0.3) is 33.4 Å². The molecular formula is C79H80N2O16. The number of benzene rings is 8. The van der Waals surface area contributed by atoms with Crippen LogP contribution in [0.1, 0.15) is 116 Å². The predicted octanol–water partition coefficient (Wildman–Crippen LogP) is 13.3. The van der Waals surface area contributed by atoms with E-state index in [0.717, 1.165) is 66.8 Å². The van der Waals surface area contributed by atoms with Gasteiger partial charge in [0.25, 0.3) is 0 Å². The SMILES string of the molecule is C.CC(NC(=O)OCC1c2ccccc2-c2ccccc21)C(=O)O.C[C@H](CC(=O)OCC1c2ccccc2-c2ccccc21)C(=O)O.C[C@H](CC(=O)[C@H](Cc1ccccc1)N(C)C(=O)[C@H](CC(=O)OCc1ccccc1)CC(=O)OCC1c2ccccc2-c2ccccc21)C(=O)O. The number of aliphatic carboxylic acids is 3. The number of esters is 3. The molecule has 8 aromatic rings. The molecule has 3 aliphatic rings. The molecule has 0 saturated carbocycles. The van der Waals surface area contributed by atoms with Crippen molar-refractivity contribution >= 4 is 53.6 Å². The fourth-order valence-electron chi connectivity index (χ4n) is 12.3. The quantitative estimate of drug-likeness (QED) is 0.0306. The number of amides is 2. The number of carboxylic acids is 3. The van der Waals surface area contributed by atoms with E-state index in [-0.39, 0.29) is 70.9 Å². The van der Waals surface area contributed by atoms with Crippen LogP contribution in [-0.2, 0) is 70.3 Å². The number of likely N-dealkylation sites (N-methyl/N-ethyl adjacent to an activating group) is 1. The summed E-state index contributed by atoms with van der Waals surface area (Å²) in [5.74, 6) is -9.20. The van der Waals surface area contributed by atoms with E-state index in [1.54, 1.807) is 24.3 Å². The molecule has 2 amide bonds. The Morgan fingerprint density at radius 3 is 1.09 bits per heavy atom. The first kappa shape index (κ1) is 71.8. The fraction of sp³-hybridized carbons (Fsp3) is 0.278. The zero-order valence-electron chi connectivity index (χ0n) is 53.7. The second-order valence-corrected chi connectivity index (χ2v) is 24.1. The van der Waals surface area contributed by atoms with Crippen molar-refractivity contribution in [2.45, 2.75) is 96.7 Å². The van der Waals surface area contributed by atoms with Crippen LogP contribution in [0, 0.1) is 17.8 Å². The number of hydrogen-bond donors (Lipinski definition) is 4. The van der Waals surface area contributed by atoms with Crippen molar-refractivity contribution in [3.05, 3.63) is 251 Å². The Bertz CT molecular complexity index is 3850. The molecule has 0 aromatic heterocycles. The minimum Gasteiger partial charge on any atom is -0.481 e. The number of alkyl carbamates (subject to hydrolysis) is 1. The summed E-state index contributed by atoms with van der Waals surface area (Å²) in [6.45, 7) is 4.77. The molecule has 18 nitrogen and oxygen atoms in total. The van der Waals surface area contributed by atoms with Crippen molar-refractivity contribution in [2.75, 3.05) is 26.9 Å². The molecule has 8 aromatic carbocycles. The number of carbonyl (C=O) groups is 9. The lowest BCUT2D eigenvalue weighted by atomic mass is 9.92. The standard InChI is InChI=1S/C41H41NO8.C19H18O4.C18H17NO4.CH4/c1-27(41(47)48)21-37(43)36(22-28-13-5-3-6-14-28)42(2)40(46)30(23-38(44)49-25-29-15-7-4-8-16-29)24-39(45)50-26-35-33-19-11-9-17-31(33)32-18-10-12-20-34(32)35;1-12(19(21)22)10-18(20)23-11-17-15-8-4-2-6-13(15)14-7-3-5-9-16(14)17;1-11(17(20)21)19-18(22)23-10-16-14-8-4-2-6-12(14)13-7-3-5-9-15(13)16;/h3-20,27,30,35-36H,21-26H2,1-2H3,(H,47,48);2-9,12,17H,10-11H2,1H3,(H,21,22);2-9,11,16H,10H2,1H3,(H,19,22)(H,20,21);1H4/t27-,30-,36+;12-;;/m11../s1. The van der Waals surface area contributed by atoms with Crippen LogP contribution >= 0.6 is 0 Å². The van der Waals surface area contributed by atoms with E-state index in [0.29, 0.717) is 0 Å². The van der Waals surface area contributed by atoms with Crippen LogP contribution < -0.4 is 5.32 Å². The number of ether oxygens (including phenoxy) is 4. The molecule has 1 unspecified atom stereocenters. The molecule has 0 heterocycles. The third-order valence-corrected chi connectivity index (χ3v) is 17.5. The van der Waals surface area contributed by atoms with Gasteiger partial charge in [-0.2, -0.15) is 0 Å². The molecule has 11 rings (SSSR count). The second kappa shape index (κ2) is 33.9. The van der Waals surface area contributed by atoms with Crippen molar-refractivity contribution < 1.29 is 77.4 Å². The van der Waals surface area contributed by atoms with E-state index in [1.807, 2.05) is 158 Å². The minimum absolute atomic E-state index is 0. The van der Waals surface area contributed by atoms with Crippen LogP contribution in [0.3, 0.4) is 0 Å². The van der Waals surface area contributed by atoms with E-state index in [1.165, 1.54) is 43.8 Å². The molecule has 0 fully saturated rings. The van der Waals surface area contributed by atoms with Crippen LogP contribution in [0.5, 0.6) is 0 Å². The van der Waals surface area contributed by atoms with Gasteiger partial charge in [-0.1, -0.05) is 228 Å². The Hall–Kier alpha value is -11.0. The smallest absolute Gasteiger partial charge is 0.407 e. The maximum Gasteiger partial charge on any atom is 0.407 e. The van der Waals surface area contributed by atoms with Crippen molar-refractivity contribution in [1.82, 2.24) is 10.2 Å². The van der Waals surface area contributed by atoms with Crippen molar-refractivity contribution in [3.63, 3.8) is 0 Å². The van der Waals surface area contributed by atoms with Crippen molar-refractivity contribution in [1.29, 1.82) is 0 Å². The van der Waals surface area contributed by atoms with Crippen LogP contribution in [0.4, 0.5) is 4.79 Å². The summed E-state index contributed by atoms with van der Waals surface area (Å²) < 4.78 is 21.9. The first-order valence-electron chi connectivity index (χ1n) is 31.8. The highest BCUT2D eigenvalue weighted by atomic mass is 16.6. The molecule has 502 valence electrons. The molecule has 18 heteroatoms. The zero-order valence-corrected chi connectivity index (χ0v) is 53.7. The largest absolute Gasteiger partial charge is 0.481 e. The van der Waals surface area contributed by atoms with Gasteiger partial charge in [-0.25, -0.2) is 4.79 Å². The number of Topliss-reactive ketones (excluding diaryl/α,β-unsaturated/α-hetero) is 1. The van der Waals surface area contributed by atoms with E-state index in [9.17, 15) is 48.3 Å². The normalized spacial score (nSPS) is 13.6. The molecule has 3 aliphatic carbocycles. The van der Waals surface area contributed by atoms with Crippen LogP contribution in [-0.4, -0.2) is 113 Å². The number of hydrogen-bond acceptors (Lipinski definition) is 13. The number of carboxylic acid groups (broad SMARTS) is 3. The lowest BCUT2D eigenvalue weighted by molar-refractivity contribution is -0.155. The van der Waals surface area contributed by atoms with Gasteiger partial charge in [0.2, 0.25) is 5.91 Å². The third kappa shape index (κ3) is 18.3. The van der Waals surface area contributed by atoms with Crippen molar-refractivity contribution in [3.8, 4) is 33.4 Å². The number of nitrogens with zero attached hydrogens (tertiary/aromatic N) is 1. The lowest BCUT2D eigenvalue weighted by Gasteiger charge is -2.31. The average Bonchev–Trinajstić information content (AvgIpc) is 1.64. The zero-order chi connectivity index (χ0) is 68.4. The highest BCUT2D eigenvalue weighted by molar-refractivity contribution is 5.94. The summed E-state index contributed by atoms with van der Waals surface area (Å²) in [6.07, 6.45) is -1.83. The van der Waals surface area contributed by atoms with E-state index < -0.39 is 96.3 Å². The second-order valence-electron chi connectivity index (χ2n) is 24.1. The Labute approximate surface area is 564 Å². The molecule has 0 aliphatic heterocycles. The number of nitrogens with one attached hydrogen (secondary N) is 1. The highest BCUT2D eigenvalue weighted by Crippen LogP contribution is 2.47. The van der Waals surface area contributed by atoms with Gasteiger partial charge < -0.3 is 44.5 Å². The minimum atomic E-state index is -1.19. The molecule has 4 N–H and O–H groups in total. The number of fused-ring (bicyclic) bond motifs is 9. The first-order chi connectivity index (χ1) is 46.3. The average molecular weight is 1310 g/mol. The Morgan fingerprint density at radius 2 is 0.722 bits per heavy atom. The van der Waals surface area contributed by atoms with E-state index in [2.05, 4.69) is 29.6 Å². The molecule has 97 heavy (non-hydrogen) atoms. The Kier molecular flexibility index (Phi) is 25.1. The first-order valence-corrected chi connectivity index (χ1v) is 31.8.